The minimum Gasteiger partial charge on any atom is -0.392 e. The lowest BCUT2D eigenvalue weighted by Gasteiger charge is -2.51. The largest absolute Gasteiger partial charge is 0.392 e. The summed E-state index contributed by atoms with van der Waals surface area (Å²) in [7, 11) is 0. The van der Waals surface area contributed by atoms with Crippen LogP contribution >= 0.6 is 0 Å². The van der Waals surface area contributed by atoms with Crippen molar-refractivity contribution in [3.05, 3.63) is 130 Å². The summed E-state index contributed by atoms with van der Waals surface area (Å²) in [5.74, 6) is 0.100. The van der Waals surface area contributed by atoms with Crippen LogP contribution in [0.3, 0.4) is 0 Å². The molecule has 3 heterocycles. The van der Waals surface area contributed by atoms with Crippen molar-refractivity contribution in [1.82, 2.24) is 15.1 Å². The number of ether oxygens (including phenoxy) is 2. The number of aliphatic hydroxyl groups excluding tert-OH is 1. The Morgan fingerprint density at radius 1 is 0.772 bits per heavy atom. The number of nitrogens with zero attached hydrogens (tertiary/aromatic N) is 2. The quantitative estimate of drug-likeness (QED) is 0.165. The number of benzene rings is 4. The van der Waals surface area contributed by atoms with E-state index in [1.807, 2.05) is 93.6 Å². The molecule has 4 aliphatic rings. The van der Waals surface area contributed by atoms with Gasteiger partial charge in [-0.15, -0.1) is 0 Å². The summed E-state index contributed by atoms with van der Waals surface area (Å²) in [6.45, 7) is 9.08. The molecular weight excluding hydrogens is 715 g/mol. The first-order valence-corrected chi connectivity index (χ1v) is 20.7. The van der Waals surface area contributed by atoms with Crippen molar-refractivity contribution >= 4 is 17.7 Å². The Balaban J connectivity index is 1.07. The highest BCUT2D eigenvalue weighted by Crippen LogP contribution is 2.45. The number of hydrogen-bond acceptors (Lipinski definition) is 7. The van der Waals surface area contributed by atoms with Crippen molar-refractivity contribution in [2.45, 2.75) is 115 Å². The second-order valence-corrected chi connectivity index (χ2v) is 17.5. The van der Waals surface area contributed by atoms with E-state index < -0.39 is 6.29 Å². The molecule has 9 nitrogen and oxygen atoms in total. The summed E-state index contributed by atoms with van der Waals surface area (Å²) in [5.41, 5.74) is 6.05. The van der Waals surface area contributed by atoms with Gasteiger partial charge in [0, 0.05) is 29.6 Å². The Labute approximate surface area is 336 Å². The number of rotatable bonds is 9. The molecule has 3 amide bonds. The molecule has 3 fully saturated rings. The predicted molar refractivity (Wildman–Crippen MR) is 219 cm³/mol. The van der Waals surface area contributed by atoms with Crippen LogP contribution in [0.1, 0.15) is 122 Å². The van der Waals surface area contributed by atoms with Gasteiger partial charge in [-0.05, 0) is 92.3 Å². The van der Waals surface area contributed by atoms with Gasteiger partial charge in [0.15, 0.2) is 6.29 Å². The van der Waals surface area contributed by atoms with Crippen LogP contribution in [-0.4, -0.2) is 62.9 Å². The maximum absolute atomic E-state index is 13.9. The molecule has 57 heavy (non-hydrogen) atoms. The van der Waals surface area contributed by atoms with Crippen molar-refractivity contribution in [1.29, 1.82) is 0 Å². The van der Waals surface area contributed by atoms with Gasteiger partial charge in [-0.2, -0.15) is 0 Å². The number of hydrogen-bond donors (Lipinski definition) is 2. The molecule has 9 heteroatoms. The first-order chi connectivity index (χ1) is 27.5. The maximum atomic E-state index is 13.9. The van der Waals surface area contributed by atoms with Crippen LogP contribution in [0.25, 0.3) is 11.1 Å². The molecule has 0 radical (unpaired) electrons. The summed E-state index contributed by atoms with van der Waals surface area (Å²) in [5, 5.41) is 13.1. The second-order valence-electron chi connectivity index (χ2n) is 17.5. The monoisotopic (exact) mass is 769 g/mol. The van der Waals surface area contributed by atoms with Crippen LogP contribution in [0, 0.1) is 11.8 Å². The van der Waals surface area contributed by atoms with Crippen LogP contribution < -0.4 is 5.32 Å². The second kappa shape index (κ2) is 16.3. The highest BCUT2D eigenvalue weighted by atomic mass is 16.7. The molecule has 0 spiro atoms. The molecule has 8 rings (SSSR count). The molecule has 0 unspecified atom stereocenters. The van der Waals surface area contributed by atoms with Gasteiger partial charge in [-0.3, -0.25) is 24.2 Å². The number of carbonyl (C=O) groups excluding carboxylic acids is 3. The lowest BCUT2D eigenvalue weighted by molar-refractivity contribution is -0.278. The summed E-state index contributed by atoms with van der Waals surface area (Å²) in [6.07, 6.45) is 5.46. The smallest absolute Gasteiger partial charge is 0.261 e. The standard InChI is InChI=1S/C48H55N3O6/c1-30-42(28-50-40-16-10-6-11-33(40)25-26-41(50)44(53)49-48(2,3)4)56-47(57-43(30)34-19-17-31(29-52)18-20-34)35-23-21-32(22-24-35)37-13-7-5-12-36(37)27-51-45(54)38-14-8-9-15-39(38)46(51)55/h5,7-9,12-15,17-24,30,33,40-43,47,52H,6,10-11,16,25-29H2,1-4H3,(H,49,53)/t30-,33+,40+,41+,42+,43+,47+/m0/s1. The molecule has 2 saturated heterocycles. The Morgan fingerprint density at radius 2 is 1.40 bits per heavy atom. The number of amides is 3. The molecule has 1 saturated carbocycles. The van der Waals surface area contributed by atoms with Crippen LogP contribution in [-0.2, 0) is 27.4 Å². The predicted octanol–water partition coefficient (Wildman–Crippen LogP) is 8.37. The van der Waals surface area contributed by atoms with E-state index >= 15 is 0 Å². The Kier molecular flexibility index (Phi) is 11.2. The topological polar surface area (TPSA) is 108 Å². The van der Waals surface area contributed by atoms with Gasteiger partial charge in [0.25, 0.3) is 11.8 Å². The van der Waals surface area contributed by atoms with Gasteiger partial charge >= 0.3 is 0 Å². The summed E-state index contributed by atoms with van der Waals surface area (Å²) >= 11 is 0. The van der Waals surface area contributed by atoms with Crippen LogP contribution in [0.15, 0.2) is 97.1 Å². The van der Waals surface area contributed by atoms with Gasteiger partial charge in [0.2, 0.25) is 5.91 Å². The third kappa shape index (κ3) is 8.08. The van der Waals surface area contributed by atoms with E-state index in [1.54, 1.807) is 24.3 Å². The van der Waals surface area contributed by atoms with Crippen molar-refractivity contribution in [3.8, 4) is 11.1 Å². The van der Waals surface area contributed by atoms with Crippen molar-refractivity contribution in [3.63, 3.8) is 0 Å². The minimum absolute atomic E-state index is 0.0233. The van der Waals surface area contributed by atoms with Gasteiger partial charge in [0.1, 0.15) is 0 Å². The van der Waals surface area contributed by atoms with Gasteiger partial charge in [-0.1, -0.05) is 105 Å². The fraction of sp³-hybridized carbons (Fsp3) is 0.438. The lowest BCUT2D eigenvalue weighted by atomic mass is 9.75. The zero-order valence-electron chi connectivity index (χ0n) is 33.5. The van der Waals surface area contributed by atoms with E-state index in [0.29, 0.717) is 29.6 Å². The first kappa shape index (κ1) is 39.2. The maximum Gasteiger partial charge on any atom is 0.261 e. The summed E-state index contributed by atoms with van der Waals surface area (Å²) < 4.78 is 13.8. The number of nitrogens with one attached hydrogen (secondary N) is 1. The average Bonchev–Trinajstić information content (AvgIpc) is 3.46. The fourth-order valence-corrected chi connectivity index (χ4v) is 9.58. The molecule has 2 N–H and O–H groups in total. The molecule has 1 aliphatic carbocycles. The SMILES string of the molecule is C[C@H]1[C@@H](CN2[C@@H](C(=O)NC(C)(C)C)CC[C@H]3CCCC[C@H]32)O[C@@H](c2ccc(-c3ccccc3CN3C(=O)c4ccccc4C3=O)cc2)O[C@H]1c1ccc(CO)cc1. The lowest BCUT2D eigenvalue weighted by Crippen LogP contribution is -2.61. The Hall–Kier alpha value is -4.67. The zero-order chi connectivity index (χ0) is 39.8. The Morgan fingerprint density at radius 3 is 2.07 bits per heavy atom. The average molecular weight is 770 g/mol. The van der Waals surface area contributed by atoms with E-state index in [4.69, 9.17) is 9.47 Å². The number of imide groups is 1. The van der Waals surface area contributed by atoms with E-state index in [0.717, 1.165) is 52.6 Å². The normalized spacial score (nSPS) is 26.5. The Bertz CT molecular complexity index is 2060. The van der Waals surface area contributed by atoms with Crippen molar-refractivity contribution < 1.29 is 29.0 Å². The summed E-state index contributed by atoms with van der Waals surface area (Å²) in [4.78, 5) is 44.2. The number of aliphatic hydroxyl groups is 1. The molecule has 298 valence electrons. The zero-order valence-corrected chi connectivity index (χ0v) is 33.5. The van der Waals surface area contributed by atoms with E-state index in [9.17, 15) is 19.5 Å². The van der Waals surface area contributed by atoms with Crippen LogP contribution in [0.4, 0.5) is 0 Å². The van der Waals surface area contributed by atoms with Crippen molar-refractivity contribution in [2.75, 3.05) is 6.54 Å². The fourth-order valence-electron chi connectivity index (χ4n) is 9.58. The van der Waals surface area contributed by atoms with Gasteiger partial charge in [0.05, 0.1) is 42.5 Å². The number of piperidine rings is 1. The number of carbonyl (C=O) groups is 3. The highest BCUT2D eigenvalue weighted by Gasteiger charge is 2.46. The number of fused-ring (bicyclic) bond motifs is 2. The van der Waals surface area contributed by atoms with E-state index in [-0.39, 0.29) is 60.6 Å². The molecule has 3 aliphatic heterocycles. The van der Waals surface area contributed by atoms with Gasteiger partial charge < -0.3 is 19.9 Å². The highest BCUT2D eigenvalue weighted by molar-refractivity contribution is 6.21. The third-order valence-electron chi connectivity index (χ3n) is 12.5. The van der Waals surface area contributed by atoms with Crippen LogP contribution in [0.5, 0.6) is 0 Å². The molecule has 4 aromatic rings. The molecule has 0 bridgehead atoms. The molecule has 4 aromatic carbocycles. The van der Waals surface area contributed by atoms with Crippen LogP contribution in [0.2, 0.25) is 0 Å². The first-order valence-electron chi connectivity index (χ1n) is 20.7. The van der Waals surface area contributed by atoms with Gasteiger partial charge in [-0.25, -0.2) is 0 Å². The van der Waals surface area contributed by atoms with E-state index in [2.05, 4.69) is 17.1 Å². The number of likely N-dealkylation sites (tertiary alicyclic amines) is 1. The molecule has 7 atom stereocenters. The minimum atomic E-state index is -0.662. The third-order valence-corrected chi connectivity index (χ3v) is 12.5. The van der Waals surface area contributed by atoms with E-state index in [1.165, 1.54) is 24.2 Å². The van der Waals surface area contributed by atoms with Crippen molar-refractivity contribution in [2.24, 2.45) is 11.8 Å². The molecule has 0 aromatic heterocycles. The summed E-state index contributed by atoms with van der Waals surface area (Å²) in [6, 6.07) is 31.1. The molecular formula is C48H55N3O6.